The number of nitrogens with two attached hydrogens (primary N) is 1. The molecule has 0 saturated heterocycles. The molecule has 0 aromatic heterocycles. The van der Waals surface area contributed by atoms with Crippen molar-refractivity contribution in [2.45, 2.75) is 19.1 Å². The zero-order valence-electron chi connectivity index (χ0n) is 9.81. The summed E-state index contributed by atoms with van der Waals surface area (Å²) in [5.74, 6) is -0.836. The van der Waals surface area contributed by atoms with Crippen LogP contribution in [0.15, 0.2) is 18.2 Å². The smallest absolute Gasteiger partial charge is 0.177 e. The Balaban J connectivity index is 2.64. The summed E-state index contributed by atoms with van der Waals surface area (Å²) in [4.78, 5) is 0. The minimum absolute atomic E-state index is 0.0912. The number of hydrogen-bond acceptors (Lipinski definition) is 4. The van der Waals surface area contributed by atoms with E-state index in [4.69, 9.17) is 10.5 Å². The first-order valence-electron chi connectivity index (χ1n) is 5.23. The maximum atomic E-state index is 13.3. The van der Waals surface area contributed by atoms with Crippen molar-refractivity contribution in [2.75, 3.05) is 18.1 Å². The van der Waals surface area contributed by atoms with E-state index in [2.05, 4.69) is 0 Å². The quantitative estimate of drug-likeness (QED) is 0.817. The van der Waals surface area contributed by atoms with E-state index in [0.717, 1.165) is 0 Å². The average molecular weight is 261 g/mol. The highest BCUT2D eigenvalue weighted by Gasteiger charge is 2.16. The average Bonchev–Trinajstić information content (AvgIpc) is 2.22. The number of rotatable bonds is 5. The third-order valence-corrected chi connectivity index (χ3v) is 4.50. The van der Waals surface area contributed by atoms with Crippen molar-refractivity contribution in [2.24, 2.45) is 0 Å². The Morgan fingerprint density at radius 1 is 1.41 bits per heavy atom. The number of ether oxygens (including phenoxy) is 1. The lowest BCUT2D eigenvalue weighted by atomic mass is 10.3. The van der Waals surface area contributed by atoms with Gasteiger partial charge in [-0.25, -0.2) is 12.8 Å². The number of nitrogen functional groups attached to an aromatic ring is 1. The first-order valence-corrected chi connectivity index (χ1v) is 6.94. The lowest BCUT2D eigenvalue weighted by Crippen LogP contribution is -2.22. The molecule has 4 nitrogen and oxygen atoms in total. The standard InChI is InChI=1S/C11H16FNO3S/c1-8(2)17(14,15)7-6-16-11-9(12)4-3-5-10(11)13/h3-5,8H,6-7,13H2,1-2H3. The summed E-state index contributed by atoms with van der Waals surface area (Å²) >= 11 is 0. The van der Waals surface area contributed by atoms with Gasteiger partial charge >= 0.3 is 0 Å². The van der Waals surface area contributed by atoms with Gasteiger partial charge in [0, 0.05) is 0 Å². The lowest BCUT2D eigenvalue weighted by molar-refractivity contribution is 0.324. The molecule has 0 bridgehead atoms. The first-order chi connectivity index (χ1) is 7.84. The van der Waals surface area contributed by atoms with Gasteiger partial charge in [0.2, 0.25) is 0 Å². The molecule has 0 spiro atoms. The minimum Gasteiger partial charge on any atom is -0.487 e. The van der Waals surface area contributed by atoms with Crippen LogP contribution in [0.5, 0.6) is 5.75 Å². The molecule has 0 aliphatic rings. The van der Waals surface area contributed by atoms with E-state index in [1.807, 2.05) is 0 Å². The minimum atomic E-state index is -3.18. The first kappa shape index (κ1) is 13.8. The molecule has 0 heterocycles. The van der Waals surface area contributed by atoms with Crippen LogP contribution in [0.2, 0.25) is 0 Å². The molecule has 17 heavy (non-hydrogen) atoms. The number of halogens is 1. The molecule has 0 fully saturated rings. The van der Waals surface area contributed by atoms with Gasteiger partial charge in [-0.1, -0.05) is 6.07 Å². The monoisotopic (exact) mass is 261 g/mol. The van der Waals surface area contributed by atoms with E-state index in [1.54, 1.807) is 13.8 Å². The van der Waals surface area contributed by atoms with Gasteiger partial charge in [0.05, 0.1) is 16.7 Å². The van der Waals surface area contributed by atoms with E-state index >= 15 is 0 Å². The molecule has 0 aliphatic heterocycles. The Morgan fingerprint density at radius 2 is 2.06 bits per heavy atom. The fourth-order valence-electron chi connectivity index (χ4n) is 1.17. The topological polar surface area (TPSA) is 69.4 Å². The number of para-hydroxylation sites is 1. The highest BCUT2D eigenvalue weighted by molar-refractivity contribution is 7.91. The summed E-state index contributed by atoms with van der Waals surface area (Å²) in [6, 6.07) is 4.17. The van der Waals surface area contributed by atoms with Crippen LogP contribution in [0.25, 0.3) is 0 Å². The molecule has 0 atom stereocenters. The van der Waals surface area contributed by atoms with Gasteiger partial charge in [0.25, 0.3) is 0 Å². The fourth-order valence-corrected chi connectivity index (χ4v) is 1.96. The second kappa shape index (κ2) is 5.35. The largest absolute Gasteiger partial charge is 0.487 e. The lowest BCUT2D eigenvalue weighted by Gasteiger charge is -2.11. The molecule has 2 N–H and O–H groups in total. The molecule has 0 unspecified atom stereocenters. The normalized spacial score (nSPS) is 11.8. The summed E-state index contributed by atoms with van der Waals surface area (Å²) in [5.41, 5.74) is 5.68. The number of sulfone groups is 1. The van der Waals surface area contributed by atoms with Crippen molar-refractivity contribution in [1.82, 2.24) is 0 Å². The second-order valence-electron chi connectivity index (χ2n) is 3.92. The molecular weight excluding hydrogens is 245 g/mol. The van der Waals surface area contributed by atoms with Crippen LogP contribution in [-0.4, -0.2) is 26.0 Å². The molecule has 0 radical (unpaired) electrons. The number of hydrogen-bond donors (Lipinski definition) is 1. The summed E-state index contributed by atoms with van der Waals surface area (Å²) in [6.45, 7) is 3.07. The van der Waals surface area contributed by atoms with Gasteiger partial charge in [0.15, 0.2) is 21.4 Å². The third-order valence-electron chi connectivity index (χ3n) is 2.33. The molecule has 0 saturated carbocycles. The van der Waals surface area contributed by atoms with Crippen LogP contribution in [0.4, 0.5) is 10.1 Å². The van der Waals surface area contributed by atoms with Crippen molar-refractivity contribution < 1.29 is 17.5 Å². The van der Waals surface area contributed by atoms with Crippen molar-refractivity contribution in [3.63, 3.8) is 0 Å². The van der Waals surface area contributed by atoms with Crippen molar-refractivity contribution >= 4 is 15.5 Å². The summed E-state index contributed by atoms with van der Waals surface area (Å²) in [7, 11) is -3.18. The Labute approximate surface area is 101 Å². The SMILES string of the molecule is CC(C)S(=O)(=O)CCOc1c(N)cccc1F. The van der Waals surface area contributed by atoms with Gasteiger partial charge < -0.3 is 10.5 Å². The maximum Gasteiger partial charge on any atom is 0.177 e. The third kappa shape index (κ3) is 3.59. The van der Waals surface area contributed by atoms with Gasteiger partial charge in [-0.2, -0.15) is 0 Å². The van der Waals surface area contributed by atoms with Crippen LogP contribution in [0, 0.1) is 5.82 Å². The predicted octanol–water partition coefficient (Wildman–Crippen LogP) is 1.61. The van der Waals surface area contributed by atoms with Crippen LogP contribution < -0.4 is 10.5 Å². The Kier molecular flexibility index (Phi) is 4.34. The van der Waals surface area contributed by atoms with Crippen molar-refractivity contribution in [3.8, 4) is 5.75 Å². The van der Waals surface area contributed by atoms with Crippen LogP contribution in [0.1, 0.15) is 13.8 Å². The van der Waals surface area contributed by atoms with Gasteiger partial charge in [-0.15, -0.1) is 0 Å². The summed E-state index contributed by atoms with van der Waals surface area (Å²) < 4.78 is 41.3. The van der Waals surface area contributed by atoms with E-state index in [9.17, 15) is 12.8 Å². The van der Waals surface area contributed by atoms with Crippen LogP contribution in [0.3, 0.4) is 0 Å². The number of anilines is 1. The summed E-state index contributed by atoms with van der Waals surface area (Å²) in [5, 5.41) is -0.468. The predicted molar refractivity (Wildman–Crippen MR) is 65.2 cm³/mol. The Morgan fingerprint density at radius 3 is 2.59 bits per heavy atom. The van der Waals surface area contributed by atoms with Crippen molar-refractivity contribution in [3.05, 3.63) is 24.0 Å². The molecule has 0 amide bonds. The molecule has 96 valence electrons. The fraction of sp³-hybridized carbons (Fsp3) is 0.455. The highest BCUT2D eigenvalue weighted by Crippen LogP contribution is 2.24. The zero-order valence-corrected chi connectivity index (χ0v) is 10.6. The molecule has 1 rings (SSSR count). The van der Waals surface area contributed by atoms with E-state index in [-0.39, 0.29) is 23.8 Å². The van der Waals surface area contributed by atoms with Gasteiger partial charge in [0.1, 0.15) is 6.61 Å². The molecule has 1 aromatic rings. The van der Waals surface area contributed by atoms with Gasteiger partial charge in [-0.05, 0) is 26.0 Å². The maximum absolute atomic E-state index is 13.3. The van der Waals surface area contributed by atoms with Gasteiger partial charge in [-0.3, -0.25) is 0 Å². The molecule has 1 aromatic carbocycles. The second-order valence-corrected chi connectivity index (χ2v) is 6.60. The Bertz CT molecular complexity index is 465. The Hall–Kier alpha value is -1.30. The zero-order chi connectivity index (χ0) is 13.1. The molecule has 0 aliphatic carbocycles. The van der Waals surface area contributed by atoms with Crippen LogP contribution in [-0.2, 0) is 9.84 Å². The number of benzene rings is 1. The summed E-state index contributed by atoms with van der Waals surface area (Å²) in [6.07, 6.45) is 0. The molecular formula is C11H16FNO3S. The molecule has 6 heteroatoms. The highest BCUT2D eigenvalue weighted by atomic mass is 32.2. The van der Waals surface area contributed by atoms with E-state index in [1.165, 1.54) is 18.2 Å². The van der Waals surface area contributed by atoms with Crippen LogP contribution >= 0.6 is 0 Å². The van der Waals surface area contributed by atoms with Crippen molar-refractivity contribution in [1.29, 1.82) is 0 Å². The van der Waals surface area contributed by atoms with E-state index < -0.39 is 20.9 Å². The van der Waals surface area contributed by atoms with E-state index in [0.29, 0.717) is 0 Å².